The largest absolute Gasteiger partial charge is 0.481 e. The number of halogens is 1. The lowest BCUT2D eigenvalue weighted by molar-refractivity contribution is -0.154. The molecule has 1 aromatic carbocycles. The van der Waals surface area contributed by atoms with E-state index in [9.17, 15) is 19.1 Å². The molecule has 11 heteroatoms. The predicted molar refractivity (Wildman–Crippen MR) is 147 cm³/mol. The van der Waals surface area contributed by atoms with Crippen LogP contribution in [0.3, 0.4) is 0 Å². The van der Waals surface area contributed by atoms with Crippen LogP contribution in [-0.2, 0) is 19.1 Å². The first-order valence-corrected chi connectivity index (χ1v) is 13.9. The van der Waals surface area contributed by atoms with Gasteiger partial charge in [0.05, 0.1) is 25.1 Å². The fourth-order valence-corrected chi connectivity index (χ4v) is 6.53. The molecular weight excluding hydrogens is 517 g/mol. The minimum Gasteiger partial charge on any atom is -0.481 e. The lowest BCUT2D eigenvalue weighted by Gasteiger charge is -2.35. The predicted octanol–water partition coefficient (Wildman–Crippen LogP) is 2.85. The minimum atomic E-state index is -1.01. The zero-order valence-electron chi connectivity index (χ0n) is 23.4. The number of methoxy groups -OCH3 is 2. The maximum Gasteiger partial charge on any atom is 0.306 e. The number of carboxylic acid groups (broad SMARTS) is 1. The lowest BCUT2D eigenvalue weighted by atomic mass is 9.92. The highest BCUT2D eigenvalue weighted by Crippen LogP contribution is 2.41. The molecule has 1 N–H and O–H groups in total. The van der Waals surface area contributed by atoms with E-state index in [1.807, 2.05) is 24.0 Å². The number of rotatable bonds is 8. The number of anilines is 2. The molecule has 0 saturated carbocycles. The normalized spacial score (nSPS) is 25.6. The van der Waals surface area contributed by atoms with Gasteiger partial charge in [-0.2, -0.15) is 0 Å². The highest BCUT2D eigenvalue weighted by atomic mass is 19.1. The molecular formula is C29H38FN5O5. The third-order valence-electron chi connectivity index (χ3n) is 8.75. The van der Waals surface area contributed by atoms with Crippen LogP contribution in [0.4, 0.5) is 15.9 Å². The second-order valence-electron chi connectivity index (χ2n) is 11.1. The van der Waals surface area contributed by atoms with Crippen LogP contribution in [-0.4, -0.2) is 97.0 Å². The number of piperidine rings is 1. The van der Waals surface area contributed by atoms with Crippen molar-refractivity contribution in [3.63, 3.8) is 0 Å². The smallest absolute Gasteiger partial charge is 0.306 e. The van der Waals surface area contributed by atoms with E-state index < -0.39 is 11.6 Å². The number of aliphatic carboxylic acids is 1. The fraction of sp³-hybridized carbons (Fsp3) is 0.586. The number of carbonyl (C=O) groups excluding carboxylic acids is 1. The van der Waals surface area contributed by atoms with Crippen LogP contribution in [0.15, 0.2) is 30.5 Å². The summed E-state index contributed by atoms with van der Waals surface area (Å²) in [5, 5.41) is 9.40. The molecule has 216 valence electrons. The first-order valence-electron chi connectivity index (χ1n) is 13.9. The number of ether oxygens (including phenoxy) is 2. The van der Waals surface area contributed by atoms with Gasteiger partial charge < -0.3 is 29.3 Å². The molecule has 40 heavy (non-hydrogen) atoms. The Morgan fingerprint density at radius 3 is 2.60 bits per heavy atom. The van der Waals surface area contributed by atoms with E-state index in [0.717, 1.165) is 17.1 Å². The minimum absolute atomic E-state index is 0.0205. The number of hydrogen-bond acceptors (Lipinski definition) is 8. The zero-order valence-corrected chi connectivity index (χ0v) is 23.4. The first-order chi connectivity index (χ1) is 19.2. The average Bonchev–Trinajstić information content (AvgIpc) is 3.59. The average molecular weight is 556 g/mol. The fourth-order valence-electron chi connectivity index (χ4n) is 6.53. The third-order valence-corrected chi connectivity index (χ3v) is 8.75. The summed E-state index contributed by atoms with van der Waals surface area (Å²) in [6.45, 7) is 4.82. The van der Waals surface area contributed by atoms with Gasteiger partial charge >= 0.3 is 5.97 Å². The molecule has 4 heterocycles. The van der Waals surface area contributed by atoms with Crippen LogP contribution in [0, 0.1) is 18.7 Å². The van der Waals surface area contributed by atoms with Crippen LogP contribution in [0.1, 0.15) is 43.0 Å². The zero-order chi connectivity index (χ0) is 28.4. The Morgan fingerprint density at radius 2 is 1.93 bits per heavy atom. The Labute approximate surface area is 234 Å². The van der Waals surface area contributed by atoms with E-state index in [2.05, 4.69) is 19.8 Å². The summed E-state index contributed by atoms with van der Waals surface area (Å²) < 4.78 is 26.0. The number of benzene rings is 1. The summed E-state index contributed by atoms with van der Waals surface area (Å²) >= 11 is 0. The van der Waals surface area contributed by atoms with Crippen molar-refractivity contribution < 1.29 is 28.6 Å². The number of likely N-dealkylation sites (tertiary alicyclic amines) is 1. The van der Waals surface area contributed by atoms with Crippen molar-refractivity contribution in [2.24, 2.45) is 5.92 Å². The summed E-state index contributed by atoms with van der Waals surface area (Å²) in [6.07, 6.45) is 3.97. The molecule has 1 amide bonds. The number of hydrogen-bond donors (Lipinski definition) is 1. The van der Waals surface area contributed by atoms with Gasteiger partial charge in [-0.25, -0.2) is 14.4 Å². The topological polar surface area (TPSA) is 108 Å². The number of aryl methyl sites for hydroxylation is 1. The second kappa shape index (κ2) is 11.7. The molecule has 3 aliphatic heterocycles. The molecule has 3 fully saturated rings. The Kier molecular flexibility index (Phi) is 8.23. The Hall–Kier alpha value is -3.31. The van der Waals surface area contributed by atoms with Gasteiger partial charge in [0.25, 0.3) is 5.91 Å². The number of amides is 1. The number of nitrogens with zero attached hydrogens (tertiary/aromatic N) is 5. The highest BCUT2D eigenvalue weighted by Gasteiger charge is 2.51. The van der Waals surface area contributed by atoms with Gasteiger partial charge in [-0.3, -0.25) is 9.59 Å². The number of carboxylic acids is 1. The van der Waals surface area contributed by atoms with Gasteiger partial charge in [-0.15, -0.1) is 0 Å². The standard InChI is InChI=1S/C29H38FN5O5/c1-19-31-10-6-26(32-19)34-13-9-29(18-34,40-3)28(38)35-16-21(14-23(35)17-39-2)24-5-4-22(30)15-25(24)33-11-7-20(8-12-33)27(36)37/h4-6,10,15,20-21,23H,7-9,11-14,16-18H2,1-3H3,(H,36,37)/t21-,23+,29-/m1/s1. The van der Waals surface area contributed by atoms with Crippen molar-refractivity contribution in [2.75, 3.05) is 63.4 Å². The summed E-state index contributed by atoms with van der Waals surface area (Å²) in [6, 6.07) is 6.52. The molecule has 3 saturated heterocycles. The van der Waals surface area contributed by atoms with Gasteiger partial charge in [0.1, 0.15) is 17.5 Å². The molecule has 0 aliphatic carbocycles. The molecule has 3 atom stereocenters. The van der Waals surface area contributed by atoms with E-state index in [-0.39, 0.29) is 29.6 Å². The number of aromatic nitrogens is 2. The van der Waals surface area contributed by atoms with Crippen molar-refractivity contribution in [1.29, 1.82) is 0 Å². The second-order valence-corrected chi connectivity index (χ2v) is 11.1. The van der Waals surface area contributed by atoms with E-state index >= 15 is 0 Å². The van der Waals surface area contributed by atoms with Crippen molar-refractivity contribution >= 4 is 23.4 Å². The van der Waals surface area contributed by atoms with Crippen LogP contribution in [0.25, 0.3) is 0 Å². The summed E-state index contributed by atoms with van der Waals surface area (Å²) in [5.41, 5.74) is 0.749. The molecule has 0 bridgehead atoms. The van der Waals surface area contributed by atoms with Gasteiger partial charge in [-0.05, 0) is 49.9 Å². The van der Waals surface area contributed by atoms with E-state index in [1.165, 1.54) is 6.07 Å². The molecule has 0 radical (unpaired) electrons. The van der Waals surface area contributed by atoms with E-state index in [4.69, 9.17) is 9.47 Å². The summed E-state index contributed by atoms with van der Waals surface area (Å²) in [4.78, 5) is 40.4. The lowest BCUT2D eigenvalue weighted by Crippen LogP contribution is -2.54. The third kappa shape index (κ3) is 5.49. The molecule has 0 spiro atoms. The molecule has 3 aliphatic rings. The van der Waals surface area contributed by atoms with Crippen LogP contribution >= 0.6 is 0 Å². The van der Waals surface area contributed by atoms with Gasteiger partial charge in [0.2, 0.25) is 0 Å². The van der Waals surface area contributed by atoms with Crippen LogP contribution in [0.5, 0.6) is 0 Å². The Bertz CT molecular complexity index is 1240. The van der Waals surface area contributed by atoms with Crippen molar-refractivity contribution in [2.45, 2.75) is 50.2 Å². The molecule has 10 nitrogen and oxygen atoms in total. The van der Waals surface area contributed by atoms with E-state index in [1.54, 1.807) is 26.5 Å². The quantitative estimate of drug-likeness (QED) is 0.526. The monoisotopic (exact) mass is 555 g/mol. The Morgan fingerprint density at radius 1 is 1.15 bits per heavy atom. The first kappa shape index (κ1) is 28.2. The summed E-state index contributed by atoms with van der Waals surface area (Å²) in [5.74, 6) is -0.132. The maximum atomic E-state index is 14.5. The van der Waals surface area contributed by atoms with Gasteiger partial charge in [0, 0.05) is 64.6 Å². The number of carbonyl (C=O) groups is 2. The summed E-state index contributed by atoms with van der Waals surface area (Å²) in [7, 11) is 3.22. The molecule has 5 rings (SSSR count). The van der Waals surface area contributed by atoms with Crippen LogP contribution < -0.4 is 9.80 Å². The van der Waals surface area contributed by atoms with Crippen molar-refractivity contribution in [3.8, 4) is 0 Å². The highest BCUT2D eigenvalue weighted by molar-refractivity contribution is 5.87. The Balaban J connectivity index is 1.37. The molecule has 2 aromatic rings. The van der Waals surface area contributed by atoms with E-state index in [0.29, 0.717) is 70.8 Å². The van der Waals surface area contributed by atoms with Crippen molar-refractivity contribution in [3.05, 3.63) is 47.7 Å². The van der Waals surface area contributed by atoms with Crippen LogP contribution in [0.2, 0.25) is 0 Å². The SMILES string of the molecule is COC[C@@H]1C[C@@H](c2ccc(F)cc2N2CCC(C(=O)O)CC2)CN1C(=O)[C@@]1(OC)CCN(c2ccnc(C)n2)C1. The maximum absolute atomic E-state index is 14.5. The molecule has 1 aromatic heterocycles. The van der Waals surface area contributed by atoms with Crippen molar-refractivity contribution in [1.82, 2.24) is 14.9 Å². The van der Waals surface area contributed by atoms with Gasteiger partial charge in [-0.1, -0.05) is 6.07 Å². The molecule has 0 unspecified atom stereocenters. The van der Waals surface area contributed by atoms with Gasteiger partial charge in [0.15, 0.2) is 5.60 Å².